The minimum atomic E-state index is -0.111. The van der Waals surface area contributed by atoms with Crippen LogP contribution in [-0.2, 0) is 6.54 Å². The van der Waals surface area contributed by atoms with Crippen molar-refractivity contribution in [3.8, 4) is 5.75 Å². The summed E-state index contributed by atoms with van der Waals surface area (Å²) >= 11 is 0. The number of amides is 1. The quantitative estimate of drug-likeness (QED) is 0.771. The zero-order valence-electron chi connectivity index (χ0n) is 16.5. The number of rotatable bonds is 7. The van der Waals surface area contributed by atoms with Gasteiger partial charge in [0.2, 0.25) is 0 Å². The Morgan fingerprint density at radius 3 is 2.50 bits per heavy atom. The lowest BCUT2D eigenvalue weighted by atomic mass is 10.0. The molecule has 1 heterocycles. The molecule has 0 unspecified atom stereocenters. The SMILES string of the molecule is COc1ccc(C(=O)Nc2cccc(CNC3CCN(C4CC4)CC3)c2)cc1. The highest BCUT2D eigenvalue weighted by Gasteiger charge is 2.31. The van der Waals surface area contributed by atoms with Crippen molar-refractivity contribution in [1.29, 1.82) is 0 Å². The smallest absolute Gasteiger partial charge is 0.255 e. The summed E-state index contributed by atoms with van der Waals surface area (Å²) in [5.74, 6) is 0.632. The number of piperidine rings is 1. The number of anilines is 1. The average Bonchev–Trinajstić information content (AvgIpc) is 3.58. The van der Waals surface area contributed by atoms with Gasteiger partial charge >= 0.3 is 0 Å². The number of methoxy groups -OCH3 is 1. The third kappa shape index (κ3) is 4.91. The fourth-order valence-electron chi connectivity index (χ4n) is 3.88. The number of likely N-dealkylation sites (tertiary alicyclic amines) is 1. The predicted octanol–water partition coefficient (Wildman–Crippen LogP) is 3.66. The number of nitrogens with one attached hydrogen (secondary N) is 2. The van der Waals surface area contributed by atoms with E-state index in [1.54, 1.807) is 31.4 Å². The van der Waals surface area contributed by atoms with Crippen molar-refractivity contribution in [1.82, 2.24) is 10.2 Å². The zero-order chi connectivity index (χ0) is 19.3. The van der Waals surface area contributed by atoms with Crippen LogP contribution in [0.3, 0.4) is 0 Å². The Labute approximate surface area is 167 Å². The van der Waals surface area contributed by atoms with Gasteiger partial charge in [0, 0.05) is 29.9 Å². The van der Waals surface area contributed by atoms with Crippen LogP contribution in [0.2, 0.25) is 0 Å². The van der Waals surface area contributed by atoms with E-state index in [0.29, 0.717) is 11.6 Å². The van der Waals surface area contributed by atoms with Crippen molar-refractivity contribution in [3.63, 3.8) is 0 Å². The Bertz CT molecular complexity index is 794. The Balaban J connectivity index is 1.28. The normalized spacial score (nSPS) is 18.0. The molecule has 2 N–H and O–H groups in total. The highest BCUT2D eigenvalue weighted by atomic mass is 16.5. The number of hydrogen-bond donors (Lipinski definition) is 2. The molecule has 2 aromatic carbocycles. The van der Waals surface area contributed by atoms with Crippen LogP contribution in [0.4, 0.5) is 5.69 Å². The Kier molecular flexibility index (Phi) is 5.93. The molecular formula is C23H29N3O2. The van der Waals surface area contributed by atoms with Gasteiger partial charge in [-0.15, -0.1) is 0 Å². The third-order valence-corrected chi connectivity index (χ3v) is 5.72. The maximum Gasteiger partial charge on any atom is 0.255 e. The van der Waals surface area contributed by atoms with Gasteiger partial charge in [-0.05, 0) is 80.7 Å². The minimum absolute atomic E-state index is 0.111. The van der Waals surface area contributed by atoms with Gasteiger partial charge < -0.3 is 20.3 Å². The van der Waals surface area contributed by atoms with Crippen molar-refractivity contribution >= 4 is 11.6 Å². The molecule has 0 radical (unpaired) electrons. The van der Waals surface area contributed by atoms with Crippen LogP contribution in [0.15, 0.2) is 48.5 Å². The van der Waals surface area contributed by atoms with Crippen molar-refractivity contribution in [2.24, 2.45) is 0 Å². The van der Waals surface area contributed by atoms with Gasteiger partial charge in [0.15, 0.2) is 0 Å². The van der Waals surface area contributed by atoms with Crippen LogP contribution in [0, 0.1) is 0 Å². The molecule has 0 spiro atoms. The van der Waals surface area contributed by atoms with E-state index in [1.807, 2.05) is 18.2 Å². The van der Waals surface area contributed by atoms with Gasteiger partial charge in [-0.2, -0.15) is 0 Å². The molecule has 2 aromatic rings. The second-order valence-electron chi connectivity index (χ2n) is 7.81. The van der Waals surface area contributed by atoms with Crippen LogP contribution in [-0.4, -0.2) is 43.1 Å². The molecule has 2 aliphatic rings. The zero-order valence-corrected chi connectivity index (χ0v) is 16.5. The largest absolute Gasteiger partial charge is 0.497 e. The number of nitrogens with zero attached hydrogens (tertiary/aromatic N) is 1. The number of carbonyl (C=O) groups is 1. The van der Waals surface area contributed by atoms with E-state index in [-0.39, 0.29) is 5.91 Å². The Morgan fingerprint density at radius 2 is 1.82 bits per heavy atom. The fourth-order valence-corrected chi connectivity index (χ4v) is 3.88. The molecule has 148 valence electrons. The maximum atomic E-state index is 12.4. The first-order valence-electron chi connectivity index (χ1n) is 10.2. The molecule has 0 aromatic heterocycles. The molecule has 2 fully saturated rings. The summed E-state index contributed by atoms with van der Waals surface area (Å²) in [4.78, 5) is 15.1. The van der Waals surface area contributed by atoms with Gasteiger partial charge in [0.1, 0.15) is 5.75 Å². The summed E-state index contributed by atoms with van der Waals surface area (Å²) in [6, 6.07) is 16.7. The second kappa shape index (κ2) is 8.76. The van der Waals surface area contributed by atoms with Crippen LogP contribution >= 0.6 is 0 Å². The van der Waals surface area contributed by atoms with E-state index >= 15 is 0 Å². The molecule has 5 heteroatoms. The summed E-state index contributed by atoms with van der Waals surface area (Å²) in [6.07, 6.45) is 5.25. The first-order chi connectivity index (χ1) is 13.7. The molecule has 0 atom stereocenters. The lowest BCUT2D eigenvalue weighted by Gasteiger charge is -2.32. The van der Waals surface area contributed by atoms with Crippen molar-refractivity contribution in [2.45, 2.75) is 44.3 Å². The maximum absolute atomic E-state index is 12.4. The Morgan fingerprint density at radius 1 is 1.07 bits per heavy atom. The molecule has 0 bridgehead atoms. The molecule has 5 nitrogen and oxygen atoms in total. The van der Waals surface area contributed by atoms with Crippen LogP contribution < -0.4 is 15.4 Å². The van der Waals surface area contributed by atoms with Crippen molar-refractivity contribution in [3.05, 3.63) is 59.7 Å². The minimum Gasteiger partial charge on any atom is -0.497 e. The molecule has 1 saturated carbocycles. The van der Waals surface area contributed by atoms with Gasteiger partial charge in [0.05, 0.1) is 7.11 Å². The number of benzene rings is 2. The van der Waals surface area contributed by atoms with E-state index in [9.17, 15) is 4.79 Å². The molecule has 4 rings (SSSR count). The van der Waals surface area contributed by atoms with Gasteiger partial charge in [0.25, 0.3) is 5.91 Å². The monoisotopic (exact) mass is 379 g/mol. The number of ether oxygens (including phenoxy) is 1. The van der Waals surface area contributed by atoms with E-state index in [0.717, 1.165) is 24.0 Å². The summed E-state index contributed by atoms with van der Waals surface area (Å²) < 4.78 is 5.14. The van der Waals surface area contributed by atoms with E-state index < -0.39 is 0 Å². The molecule has 1 aliphatic heterocycles. The standard InChI is InChI=1S/C23H29N3O2/c1-28-22-9-5-18(6-10-22)23(27)25-20-4-2-3-17(15-20)16-24-19-11-13-26(14-12-19)21-7-8-21/h2-6,9-10,15,19,21,24H,7-8,11-14,16H2,1H3,(H,25,27). The molecule has 1 saturated heterocycles. The van der Waals surface area contributed by atoms with Crippen molar-refractivity contribution < 1.29 is 9.53 Å². The van der Waals surface area contributed by atoms with Gasteiger partial charge in [-0.25, -0.2) is 0 Å². The first kappa shape index (κ1) is 19.0. The molecule has 1 amide bonds. The molecule has 1 aliphatic carbocycles. The van der Waals surface area contributed by atoms with Gasteiger partial charge in [-0.3, -0.25) is 4.79 Å². The summed E-state index contributed by atoms with van der Waals surface area (Å²) in [5, 5.41) is 6.67. The lowest BCUT2D eigenvalue weighted by molar-refractivity contribution is 0.102. The van der Waals surface area contributed by atoms with Crippen LogP contribution in [0.5, 0.6) is 5.75 Å². The van der Waals surface area contributed by atoms with Crippen LogP contribution in [0.25, 0.3) is 0 Å². The lowest BCUT2D eigenvalue weighted by Crippen LogP contribution is -2.43. The molecule has 28 heavy (non-hydrogen) atoms. The van der Waals surface area contributed by atoms with E-state index in [2.05, 4.69) is 21.6 Å². The highest BCUT2D eigenvalue weighted by molar-refractivity contribution is 6.04. The first-order valence-corrected chi connectivity index (χ1v) is 10.2. The second-order valence-corrected chi connectivity index (χ2v) is 7.81. The van der Waals surface area contributed by atoms with Crippen LogP contribution in [0.1, 0.15) is 41.6 Å². The van der Waals surface area contributed by atoms with E-state index in [1.165, 1.54) is 44.3 Å². The Hall–Kier alpha value is -2.37. The summed E-state index contributed by atoms with van der Waals surface area (Å²) in [7, 11) is 1.62. The van der Waals surface area contributed by atoms with Gasteiger partial charge in [-0.1, -0.05) is 12.1 Å². The predicted molar refractivity (Wildman–Crippen MR) is 112 cm³/mol. The average molecular weight is 380 g/mol. The summed E-state index contributed by atoms with van der Waals surface area (Å²) in [6.45, 7) is 3.28. The number of hydrogen-bond acceptors (Lipinski definition) is 4. The summed E-state index contributed by atoms with van der Waals surface area (Å²) in [5.41, 5.74) is 2.63. The molecular weight excluding hydrogens is 350 g/mol. The topological polar surface area (TPSA) is 53.6 Å². The highest BCUT2D eigenvalue weighted by Crippen LogP contribution is 2.29. The third-order valence-electron chi connectivity index (χ3n) is 5.72. The number of carbonyl (C=O) groups excluding carboxylic acids is 1. The van der Waals surface area contributed by atoms with Crippen molar-refractivity contribution in [2.75, 3.05) is 25.5 Å². The van der Waals surface area contributed by atoms with E-state index in [4.69, 9.17) is 4.74 Å². The fraction of sp³-hybridized carbons (Fsp3) is 0.435.